The lowest BCUT2D eigenvalue weighted by molar-refractivity contribution is 0.642. The first-order chi connectivity index (χ1) is 7.86. The van der Waals surface area contributed by atoms with Crippen LogP contribution >= 0.6 is 0 Å². The molecule has 3 nitrogen and oxygen atoms in total. The van der Waals surface area contributed by atoms with Crippen molar-refractivity contribution in [1.29, 1.82) is 0 Å². The molecule has 0 saturated heterocycles. The van der Waals surface area contributed by atoms with Crippen LogP contribution in [0.4, 0.5) is 5.82 Å². The van der Waals surface area contributed by atoms with Crippen molar-refractivity contribution in [1.82, 2.24) is 4.98 Å². The predicted molar refractivity (Wildman–Crippen MR) is 65.5 cm³/mol. The van der Waals surface area contributed by atoms with Crippen LogP contribution in [0.2, 0.25) is 0 Å². The van der Waals surface area contributed by atoms with Gasteiger partial charge in [-0.25, -0.2) is 4.98 Å². The molecule has 0 amide bonds. The van der Waals surface area contributed by atoms with E-state index in [4.69, 9.17) is 5.73 Å². The Morgan fingerprint density at radius 1 is 1.38 bits per heavy atom. The van der Waals surface area contributed by atoms with Gasteiger partial charge in [0.05, 0.1) is 0 Å². The maximum Gasteiger partial charge on any atom is 0.126 e. The molecule has 86 valence electrons. The van der Waals surface area contributed by atoms with E-state index in [1.165, 1.54) is 36.9 Å². The Morgan fingerprint density at radius 3 is 3.00 bits per heavy atom. The van der Waals surface area contributed by atoms with E-state index in [0.717, 1.165) is 18.2 Å². The number of hydrogen-bond donors (Lipinski definition) is 2. The van der Waals surface area contributed by atoms with Crippen molar-refractivity contribution in [3.63, 3.8) is 0 Å². The molecule has 1 heterocycles. The average Bonchev–Trinajstić information content (AvgIpc) is 3.04. The van der Waals surface area contributed by atoms with Crippen molar-refractivity contribution in [2.75, 3.05) is 11.9 Å². The van der Waals surface area contributed by atoms with E-state index in [-0.39, 0.29) is 0 Å². The molecule has 3 heteroatoms. The third kappa shape index (κ3) is 1.92. The summed E-state index contributed by atoms with van der Waals surface area (Å²) in [4.78, 5) is 4.68. The fourth-order valence-corrected chi connectivity index (χ4v) is 2.56. The van der Waals surface area contributed by atoms with Crippen molar-refractivity contribution in [2.45, 2.75) is 38.1 Å². The summed E-state index contributed by atoms with van der Waals surface area (Å²) >= 11 is 0. The Balaban J connectivity index is 1.74. The summed E-state index contributed by atoms with van der Waals surface area (Å²) in [5, 5.41) is 3.48. The van der Waals surface area contributed by atoms with E-state index in [0.29, 0.717) is 12.6 Å². The zero-order chi connectivity index (χ0) is 11.0. The zero-order valence-electron chi connectivity index (χ0n) is 9.58. The molecule has 1 atom stereocenters. The summed E-state index contributed by atoms with van der Waals surface area (Å²) in [5.41, 5.74) is 8.50. The number of hydrogen-bond acceptors (Lipinski definition) is 3. The van der Waals surface area contributed by atoms with Crippen LogP contribution in [-0.4, -0.2) is 17.6 Å². The summed E-state index contributed by atoms with van der Waals surface area (Å²) < 4.78 is 0. The van der Waals surface area contributed by atoms with Crippen molar-refractivity contribution in [3.8, 4) is 0 Å². The van der Waals surface area contributed by atoms with Gasteiger partial charge in [0, 0.05) is 18.3 Å². The topological polar surface area (TPSA) is 50.9 Å². The van der Waals surface area contributed by atoms with Crippen LogP contribution in [-0.2, 0) is 12.8 Å². The highest BCUT2D eigenvalue weighted by Crippen LogP contribution is 2.33. The minimum Gasteiger partial charge on any atom is -0.366 e. The van der Waals surface area contributed by atoms with Crippen LogP contribution in [0.15, 0.2) is 12.1 Å². The molecular formula is C13H19N3. The van der Waals surface area contributed by atoms with Gasteiger partial charge < -0.3 is 11.1 Å². The second kappa shape index (κ2) is 4.06. The highest BCUT2D eigenvalue weighted by molar-refractivity contribution is 5.41. The standard InChI is InChI=1S/C13H19N3/c14-8-12(10-4-5-10)16-13-7-6-9-2-1-3-11(9)15-13/h6-7,10,12H,1-5,8,14H2,(H,15,16). The largest absolute Gasteiger partial charge is 0.366 e. The molecule has 3 rings (SSSR count). The molecule has 16 heavy (non-hydrogen) atoms. The highest BCUT2D eigenvalue weighted by atomic mass is 15.0. The van der Waals surface area contributed by atoms with Gasteiger partial charge in [-0.15, -0.1) is 0 Å². The van der Waals surface area contributed by atoms with Crippen LogP contribution in [0.25, 0.3) is 0 Å². The maximum absolute atomic E-state index is 5.78. The zero-order valence-corrected chi connectivity index (χ0v) is 9.58. The van der Waals surface area contributed by atoms with Gasteiger partial charge in [0.1, 0.15) is 5.82 Å². The van der Waals surface area contributed by atoms with Crippen molar-refractivity contribution >= 4 is 5.82 Å². The molecule has 3 N–H and O–H groups in total. The summed E-state index contributed by atoms with van der Waals surface area (Å²) in [6.07, 6.45) is 6.24. The van der Waals surface area contributed by atoms with Gasteiger partial charge in [0.2, 0.25) is 0 Å². The molecule has 0 aliphatic heterocycles. The van der Waals surface area contributed by atoms with E-state index < -0.39 is 0 Å². The fraction of sp³-hybridized carbons (Fsp3) is 0.615. The lowest BCUT2D eigenvalue weighted by Gasteiger charge is -2.17. The lowest BCUT2D eigenvalue weighted by Crippen LogP contribution is -2.31. The van der Waals surface area contributed by atoms with E-state index >= 15 is 0 Å². The Labute approximate surface area is 96.4 Å². The number of pyridine rings is 1. The number of nitrogens with zero attached hydrogens (tertiary/aromatic N) is 1. The van der Waals surface area contributed by atoms with Crippen LogP contribution < -0.4 is 11.1 Å². The number of anilines is 1. The second-order valence-electron chi connectivity index (χ2n) is 4.98. The minimum atomic E-state index is 0.423. The van der Waals surface area contributed by atoms with Crippen molar-refractivity contribution in [3.05, 3.63) is 23.4 Å². The van der Waals surface area contributed by atoms with Gasteiger partial charge in [-0.3, -0.25) is 0 Å². The van der Waals surface area contributed by atoms with E-state index in [2.05, 4.69) is 22.4 Å². The summed E-state index contributed by atoms with van der Waals surface area (Å²) in [6.45, 7) is 0.712. The van der Waals surface area contributed by atoms with Crippen LogP contribution in [0.3, 0.4) is 0 Å². The van der Waals surface area contributed by atoms with Crippen LogP contribution in [0, 0.1) is 5.92 Å². The van der Waals surface area contributed by atoms with Crippen molar-refractivity contribution < 1.29 is 0 Å². The van der Waals surface area contributed by atoms with Gasteiger partial charge in [-0.2, -0.15) is 0 Å². The first-order valence-electron chi connectivity index (χ1n) is 6.32. The molecule has 1 unspecified atom stereocenters. The molecule has 2 aliphatic carbocycles. The number of rotatable bonds is 4. The van der Waals surface area contributed by atoms with E-state index in [1.54, 1.807) is 0 Å². The van der Waals surface area contributed by atoms with Gasteiger partial charge in [-0.05, 0) is 49.7 Å². The number of fused-ring (bicyclic) bond motifs is 1. The first-order valence-corrected chi connectivity index (χ1v) is 6.32. The van der Waals surface area contributed by atoms with E-state index in [9.17, 15) is 0 Å². The number of nitrogens with one attached hydrogen (secondary N) is 1. The smallest absolute Gasteiger partial charge is 0.126 e. The lowest BCUT2D eigenvalue weighted by atomic mass is 10.2. The Morgan fingerprint density at radius 2 is 2.25 bits per heavy atom. The normalized spacial score (nSPS) is 20.6. The number of aromatic nitrogens is 1. The highest BCUT2D eigenvalue weighted by Gasteiger charge is 2.30. The molecule has 0 radical (unpaired) electrons. The first kappa shape index (κ1) is 10.1. The molecule has 0 aromatic carbocycles. The van der Waals surface area contributed by atoms with Gasteiger partial charge >= 0.3 is 0 Å². The minimum absolute atomic E-state index is 0.423. The molecule has 1 aromatic rings. The molecule has 1 aromatic heterocycles. The fourth-order valence-electron chi connectivity index (χ4n) is 2.56. The number of aryl methyl sites for hydroxylation is 2. The van der Waals surface area contributed by atoms with Crippen LogP contribution in [0.5, 0.6) is 0 Å². The second-order valence-corrected chi connectivity index (χ2v) is 4.98. The molecule has 2 aliphatic rings. The molecule has 0 bridgehead atoms. The molecule has 0 spiro atoms. The van der Waals surface area contributed by atoms with Crippen LogP contribution in [0.1, 0.15) is 30.5 Å². The molecule has 1 fully saturated rings. The average molecular weight is 217 g/mol. The van der Waals surface area contributed by atoms with Gasteiger partial charge in [0.15, 0.2) is 0 Å². The summed E-state index contributed by atoms with van der Waals surface area (Å²) in [6, 6.07) is 4.75. The SMILES string of the molecule is NCC(Nc1ccc2c(n1)CCC2)C1CC1. The Bertz CT molecular complexity index is 385. The maximum atomic E-state index is 5.78. The van der Waals surface area contributed by atoms with Crippen molar-refractivity contribution in [2.24, 2.45) is 11.7 Å². The number of nitrogens with two attached hydrogens (primary N) is 1. The van der Waals surface area contributed by atoms with Gasteiger partial charge in [0.25, 0.3) is 0 Å². The monoisotopic (exact) mass is 217 g/mol. The summed E-state index contributed by atoms with van der Waals surface area (Å²) in [7, 11) is 0. The predicted octanol–water partition coefficient (Wildman–Crippen LogP) is 1.72. The van der Waals surface area contributed by atoms with Gasteiger partial charge in [-0.1, -0.05) is 6.07 Å². The Kier molecular flexibility index (Phi) is 2.56. The quantitative estimate of drug-likeness (QED) is 0.807. The third-order valence-corrected chi connectivity index (χ3v) is 3.71. The Hall–Kier alpha value is -1.09. The molecule has 1 saturated carbocycles. The van der Waals surface area contributed by atoms with E-state index in [1.807, 2.05) is 0 Å². The third-order valence-electron chi connectivity index (χ3n) is 3.71. The molecular weight excluding hydrogens is 198 g/mol. The summed E-state index contributed by atoms with van der Waals surface area (Å²) in [5.74, 6) is 1.79.